The van der Waals surface area contributed by atoms with Crippen LogP contribution in [0, 0.1) is 0 Å². The van der Waals surface area contributed by atoms with Crippen LogP contribution >= 0.6 is 11.6 Å². The van der Waals surface area contributed by atoms with Gasteiger partial charge in [-0.1, -0.05) is 23.7 Å². The molecular weight excluding hydrogens is 390 g/mol. The van der Waals surface area contributed by atoms with Gasteiger partial charge in [0.15, 0.2) is 0 Å². The van der Waals surface area contributed by atoms with E-state index in [1.165, 1.54) is 34.6 Å². The highest BCUT2D eigenvalue weighted by Crippen LogP contribution is 2.23. The number of morpholine rings is 1. The first-order valence-corrected chi connectivity index (χ1v) is 10.3. The minimum absolute atomic E-state index is 0.0457. The average Bonchev–Trinajstić information content (AvgIpc) is 2.61. The first-order valence-electron chi connectivity index (χ1n) is 8.49. The van der Waals surface area contributed by atoms with Gasteiger partial charge in [0.05, 0.1) is 22.7 Å². The van der Waals surface area contributed by atoms with Gasteiger partial charge < -0.3 is 9.47 Å². The van der Waals surface area contributed by atoms with Crippen molar-refractivity contribution >= 4 is 27.6 Å². The molecule has 1 heterocycles. The van der Waals surface area contributed by atoms with Gasteiger partial charge in [-0.3, -0.25) is 0 Å². The van der Waals surface area contributed by atoms with Crippen molar-refractivity contribution in [2.75, 3.05) is 13.1 Å². The number of nitrogens with zero attached hydrogens (tertiary/aromatic N) is 1. The zero-order chi connectivity index (χ0) is 19.6. The molecule has 0 bridgehead atoms. The Morgan fingerprint density at radius 1 is 1.11 bits per heavy atom. The summed E-state index contributed by atoms with van der Waals surface area (Å²) in [6.45, 7) is 4.20. The van der Waals surface area contributed by atoms with E-state index in [0.29, 0.717) is 5.02 Å². The minimum Gasteiger partial charge on any atom is -0.423 e. The molecule has 1 saturated heterocycles. The summed E-state index contributed by atoms with van der Waals surface area (Å²) >= 11 is 5.88. The molecule has 2 aromatic carbocycles. The number of sulfonamides is 1. The summed E-state index contributed by atoms with van der Waals surface area (Å²) in [6, 6.07) is 12.3. The van der Waals surface area contributed by atoms with Crippen molar-refractivity contribution in [2.24, 2.45) is 0 Å². The number of halogens is 1. The van der Waals surface area contributed by atoms with Crippen LogP contribution in [0.25, 0.3) is 0 Å². The third-order valence-electron chi connectivity index (χ3n) is 4.10. The maximum atomic E-state index is 13.0. The first kappa shape index (κ1) is 19.8. The molecule has 0 aliphatic carbocycles. The summed E-state index contributed by atoms with van der Waals surface area (Å²) in [5, 5.41) is 0.437. The molecule has 1 aliphatic rings. The molecule has 6 nitrogen and oxygen atoms in total. The zero-order valence-electron chi connectivity index (χ0n) is 15.0. The van der Waals surface area contributed by atoms with Crippen LogP contribution in [0.15, 0.2) is 53.4 Å². The Morgan fingerprint density at radius 2 is 1.78 bits per heavy atom. The fourth-order valence-corrected chi connectivity index (χ4v) is 4.77. The van der Waals surface area contributed by atoms with E-state index < -0.39 is 16.0 Å². The van der Waals surface area contributed by atoms with Gasteiger partial charge in [0.2, 0.25) is 10.0 Å². The predicted molar refractivity (Wildman–Crippen MR) is 102 cm³/mol. The number of carbonyl (C=O) groups is 1. The Morgan fingerprint density at radius 3 is 2.44 bits per heavy atom. The van der Waals surface area contributed by atoms with Crippen LogP contribution in [0.5, 0.6) is 5.75 Å². The SMILES string of the molecule is C[C@@H]1CN(S(=O)(=O)c2cccc(C(=O)Oc3cccc(Cl)c3)c2)C[C@H](C)O1. The van der Waals surface area contributed by atoms with Crippen molar-refractivity contribution in [3.05, 3.63) is 59.1 Å². The normalized spacial score (nSPS) is 21.0. The fourth-order valence-electron chi connectivity index (χ4n) is 2.96. The number of rotatable bonds is 4. The van der Waals surface area contributed by atoms with Crippen LogP contribution in [0.2, 0.25) is 5.02 Å². The Labute approximate surface area is 163 Å². The van der Waals surface area contributed by atoms with E-state index in [2.05, 4.69) is 0 Å². The van der Waals surface area contributed by atoms with Crippen molar-refractivity contribution in [3.8, 4) is 5.75 Å². The Hall–Kier alpha value is -1.93. The molecule has 0 N–H and O–H groups in total. The van der Waals surface area contributed by atoms with Gasteiger partial charge in [0.25, 0.3) is 0 Å². The van der Waals surface area contributed by atoms with Crippen LogP contribution in [-0.4, -0.2) is 44.0 Å². The van der Waals surface area contributed by atoms with E-state index in [0.717, 1.165) is 0 Å². The summed E-state index contributed by atoms with van der Waals surface area (Å²) in [5.74, 6) is -0.366. The summed E-state index contributed by atoms with van der Waals surface area (Å²) in [6.07, 6.45) is -0.390. The van der Waals surface area contributed by atoms with Crippen molar-refractivity contribution in [2.45, 2.75) is 31.0 Å². The number of esters is 1. The molecule has 0 spiro atoms. The van der Waals surface area contributed by atoms with Gasteiger partial charge in [-0.25, -0.2) is 13.2 Å². The van der Waals surface area contributed by atoms with E-state index in [-0.39, 0.29) is 41.5 Å². The third-order valence-corrected chi connectivity index (χ3v) is 6.16. The lowest BCUT2D eigenvalue weighted by atomic mass is 10.2. The van der Waals surface area contributed by atoms with Gasteiger partial charge >= 0.3 is 5.97 Å². The summed E-state index contributed by atoms with van der Waals surface area (Å²) in [4.78, 5) is 12.4. The average molecular weight is 410 g/mol. The molecule has 0 amide bonds. The Balaban J connectivity index is 1.83. The topological polar surface area (TPSA) is 72.9 Å². The maximum absolute atomic E-state index is 13.0. The molecule has 0 aromatic heterocycles. The molecule has 1 fully saturated rings. The molecule has 3 rings (SSSR count). The molecule has 8 heteroatoms. The van der Waals surface area contributed by atoms with Crippen LogP contribution in [0.4, 0.5) is 0 Å². The minimum atomic E-state index is -3.74. The standard InChI is InChI=1S/C19H20ClNO5S/c1-13-11-21(12-14(2)25-13)27(23,24)18-8-3-5-15(9-18)19(22)26-17-7-4-6-16(20)10-17/h3-10,13-14H,11-12H2,1-2H3/t13-,14+. The molecule has 0 unspecified atom stereocenters. The second-order valence-electron chi connectivity index (χ2n) is 6.45. The molecule has 27 heavy (non-hydrogen) atoms. The number of carbonyl (C=O) groups excluding carboxylic acids is 1. The highest BCUT2D eigenvalue weighted by Gasteiger charge is 2.32. The second kappa shape index (κ2) is 7.98. The first-order chi connectivity index (χ1) is 12.8. The molecule has 0 saturated carbocycles. The lowest BCUT2D eigenvalue weighted by Crippen LogP contribution is -2.48. The molecular formula is C19H20ClNO5S. The van der Waals surface area contributed by atoms with E-state index in [1.807, 2.05) is 13.8 Å². The number of benzene rings is 2. The summed E-state index contributed by atoms with van der Waals surface area (Å²) in [7, 11) is -3.74. The van der Waals surface area contributed by atoms with Crippen molar-refractivity contribution < 1.29 is 22.7 Å². The highest BCUT2D eigenvalue weighted by molar-refractivity contribution is 7.89. The lowest BCUT2D eigenvalue weighted by molar-refractivity contribution is -0.0440. The van der Waals surface area contributed by atoms with Crippen molar-refractivity contribution in [1.82, 2.24) is 4.31 Å². The van der Waals surface area contributed by atoms with Gasteiger partial charge in [0.1, 0.15) is 5.75 Å². The Bertz CT molecular complexity index is 937. The maximum Gasteiger partial charge on any atom is 0.343 e. The molecule has 2 aromatic rings. The van der Waals surface area contributed by atoms with Crippen LogP contribution in [0.3, 0.4) is 0 Å². The second-order valence-corrected chi connectivity index (χ2v) is 8.83. The predicted octanol–water partition coefficient (Wildman–Crippen LogP) is 3.36. The van der Waals surface area contributed by atoms with Crippen LogP contribution in [-0.2, 0) is 14.8 Å². The fraction of sp³-hybridized carbons (Fsp3) is 0.316. The van der Waals surface area contributed by atoms with Gasteiger partial charge in [-0.15, -0.1) is 0 Å². The lowest BCUT2D eigenvalue weighted by Gasteiger charge is -2.34. The smallest absolute Gasteiger partial charge is 0.343 e. The summed E-state index contributed by atoms with van der Waals surface area (Å²) < 4.78 is 38.2. The van der Waals surface area contributed by atoms with E-state index in [9.17, 15) is 13.2 Å². The monoisotopic (exact) mass is 409 g/mol. The quantitative estimate of drug-likeness (QED) is 0.572. The highest BCUT2D eigenvalue weighted by atomic mass is 35.5. The number of hydrogen-bond donors (Lipinski definition) is 0. The van der Waals surface area contributed by atoms with E-state index in [1.54, 1.807) is 18.2 Å². The van der Waals surface area contributed by atoms with Crippen LogP contribution < -0.4 is 4.74 Å². The largest absolute Gasteiger partial charge is 0.423 e. The van der Waals surface area contributed by atoms with Gasteiger partial charge in [0, 0.05) is 18.1 Å². The summed E-state index contributed by atoms with van der Waals surface area (Å²) in [5.41, 5.74) is 0.144. The van der Waals surface area contributed by atoms with E-state index >= 15 is 0 Å². The molecule has 144 valence electrons. The van der Waals surface area contributed by atoms with Crippen molar-refractivity contribution in [1.29, 1.82) is 0 Å². The molecule has 2 atom stereocenters. The number of hydrogen-bond acceptors (Lipinski definition) is 5. The zero-order valence-corrected chi connectivity index (χ0v) is 16.5. The Kier molecular flexibility index (Phi) is 5.86. The number of ether oxygens (including phenoxy) is 2. The van der Waals surface area contributed by atoms with Crippen LogP contribution in [0.1, 0.15) is 24.2 Å². The van der Waals surface area contributed by atoms with Gasteiger partial charge in [-0.2, -0.15) is 4.31 Å². The molecule has 1 aliphatic heterocycles. The van der Waals surface area contributed by atoms with E-state index in [4.69, 9.17) is 21.1 Å². The van der Waals surface area contributed by atoms with Gasteiger partial charge in [-0.05, 0) is 50.2 Å². The molecule has 0 radical (unpaired) electrons. The van der Waals surface area contributed by atoms with Crippen molar-refractivity contribution in [3.63, 3.8) is 0 Å². The third kappa shape index (κ3) is 4.68.